The summed E-state index contributed by atoms with van der Waals surface area (Å²) in [4.78, 5) is 0. The highest BCUT2D eigenvalue weighted by molar-refractivity contribution is 9.10. The molecule has 0 aliphatic rings. The third kappa shape index (κ3) is 3.28. The Bertz CT molecular complexity index is 331. The Morgan fingerprint density at radius 3 is 2.71 bits per heavy atom. The van der Waals surface area contributed by atoms with Gasteiger partial charge >= 0.3 is 0 Å². The molecule has 14 heavy (non-hydrogen) atoms. The second kappa shape index (κ2) is 5.32. The van der Waals surface area contributed by atoms with E-state index < -0.39 is 0 Å². The fourth-order valence-corrected chi connectivity index (χ4v) is 1.46. The summed E-state index contributed by atoms with van der Waals surface area (Å²) in [6.45, 7) is 4.22. The fraction of sp³-hybridized carbons (Fsp3) is 0.333. The van der Waals surface area contributed by atoms with Crippen LogP contribution in [0, 0.1) is 6.92 Å². The van der Waals surface area contributed by atoms with Crippen LogP contribution in [0.4, 0.5) is 0 Å². The molecule has 0 bridgehead atoms. The summed E-state index contributed by atoms with van der Waals surface area (Å²) in [5, 5.41) is 3.16. The average Bonchev–Trinajstić information content (AvgIpc) is 2.19. The highest BCUT2D eigenvalue weighted by Gasteiger charge is 1.95. The van der Waals surface area contributed by atoms with Crippen LogP contribution < -0.4 is 5.32 Å². The van der Waals surface area contributed by atoms with Crippen LogP contribution >= 0.6 is 15.9 Å². The summed E-state index contributed by atoms with van der Waals surface area (Å²) in [6.07, 6.45) is 4.28. The maximum Gasteiger partial charge on any atom is 0.0221 e. The van der Waals surface area contributed by atoms with E-state index in [0.29, 0.717) is 6.04 Å². The van der Waals surface area contributed by atoms with Gasteiger partial charge in [0, 0.05) is 10.5 Å². The Morgan fingerprint density at radius 2 is 2.14 bits per heavy atom. The van der Waals surface area contributed by atoms with Gasteiger partial charge in [0.25, 0.3) is 0 Å². The standard InChI is InChI=1S/C12H16BrN/c1-9-4-6-11(8-12(9)13)7-5-10(2)14-3/h4-8,10,14H,1-3H3/b7-5+. The predicted molar refractivity (Wildman–Crippen MR) is 66.4 cm³/mol. The van der Waals surface area contributed by atoms with Gasteiger partial charge in [-0.2, -0.15) is 0 Å². The first-order valence-electron chi connectivity index (χ1n) is 4.75. The Balaban J connectivity index is 2.77. The van der Waals surface area contributed by atoms with Crippen molar-refractivity contribution in [1.82, 2.24) is 5.32 Å². The molecular formula is C12H16BrN. The lowest BCUT2D eigenvalue weighted by atomic mass is 10.1. The minimum absolute atomic E-state index is 0.412. The number of hydrogen-bond donors (Lipinski definition) is 1. The molecule has 1 aromatic carbocycles. The third-order valence-electron chi connectivity index (χ3n) is 2.23. The van der Waals surface area contributed by atoms with Gasteiger partial charge in [0.05, 0.1) is 0 Å². The molecule has 1 rings (SSSR count). The molecule has 0 spiro atoms. The van der Waals surface area contributed by atoms with E-state index in [-0.39, 0.29) is 0 Å². The van der Waals surface area contributed by atoms with Gasteiger partial charge in [0.15, 0.2) is 0 Å². The minimum Gasteiger partial charge on any atom is -0.314 e. The Labute approximate surface area is 94.3 Å². The maximum atomic E-state index is 3.52. The number of nitrogens with one attached hydrogen (secondary N) is 1. The second-order valence-electron chi connectivity index (χ2n) is 3.45. The molecular weight excluding hydrogens is 238 g/mol. The lowest BCUT2D eigenvalue weighted by molar-refractivity contribution is 0.731. The molecule has 0 aliphatic heterocycles. The zero-order valence-corrected chi connectivity index (χ0v) is 10.4. The van der Waals surface area contributed by atoms with Gasteiger partial charge in [-0.25, -0.2) is 0 Å². The van der Waals surface area contributed by atoms with Crippen LogP contribution in [0.15, 0.2) is 28.7 Å². The van der Waals surface area contributed by atoms with Crippen LogP contribution in [0.2, 0.25) is 0 Å². The minimum atomic E-state index is 0.412. The van der Waals surface area contributed by atoms with Crippen molar-refractivity contribution < 1.29 is 0 Å². The Hall–Kier alpha value is -0.600. The summed E-state index contributed by atoms with van der Waals surface area (Å²) in [6, 6.07) is 6.79. The average molecular weight is 254 g/mol. The van der Waals surface area contributed by atoms with E-state index in [1.54, 1.807) is 0 Å². The smallest absolute Gasteiger partial charge is 0.0221 e. The molecule has 1 aromatic rings. The van der Waals surface area contributed by atoms with Crippen molar-refractivity contribution in [3.05, 3.63) is 39.9 Å². The quantitative estimate of drug-likeness (QED) is 0.871. The van der Waals surface area contributed by atoms with Gasteiger partial charge in [0.1, 0.15) is 0 Å². The van der Waals surface area contributed by atoms with E-state index in [4.69, 9.17) is 0 Å². The van der Waals surface area contributed by atoms with Crippen molar-refractivity contribution >= 4 is 22.0 Å². The summed E-state index contributed by atoms with van der Waals surface area (Å²) < 4.78 is 1.16. The number of hydrogen-bond acceptors (Lipinski definition) is 1. The molecule has 0 saturated carbocycles. The van der Waals surface area contributed by atoms with Crippen LogP contribution in [0.1, 0.15) is 18.1 Å². The van der Waals surface area contributed by atoms with E-state index in [1.165, 1.54) is 11.1 Å². The van der Waals surface area contributed by atoms with Gasteiger partial charge in [-0.1, -0.05) is 40.2 Å². The van der Waals surface area contributed by atoms with Crippen molar-refractivity contribution in [2.45, 2.75) is 19.9 Å². The lowest BCUT2D eigenvalue weighted by Gasteiger charge is -2.03. The molecule has 1 N–H and O–H groups in total. The van der Waals surface area contributed by atoms with Crippen LogP contribution in [-0.2, 0) is 0 Å². The van der Waals surface area contributed by atoms with E-state index in [1.807, 2.05) is 7.05 Å². The third-order valence-corrected chi connectivity index (χ3v) is 3.08. The SMILES string of the molecule is CNC(C)/C=C/c1ccc(C)c(Br)c1. The van der Waals surface area contributed by atoms with Gasteiger partial charge in [-0.05, 0) is 38.1 Å². The van der Waals surface area contributed by atoms with E-state index in [0.717, 1.165) is 4.47 Å². The predicted octanol–water partition coefficient (Wildman–Crippen LogP) is 3.38. The van der Waals surface area contributed by atoms with Crippen molar-refractivity contribution in [1.29, 1.82) is 0 Å². The van der Waals surface area contributed by atoms with E-state index >= 15 is 0 Å². The number of rotatable bonds is 3. The van der Waals surface area contributed by atoms with Crippen LogP contribution in [-0.4, -0.2) is 13.1 Å². The summed E-state index contributed by atoms with van der Waals surface area (Å²) >= 11 is 3.52. The molecule has 0 saturated heterocycles. The number of aryl methyl sites for hydroxylation is 1. The highest BCUT2D eigenvalue weighted by atomic mass is 79.9. The number of likely N-dealkylation sites (N-methyl/N-ethyl adjacent to an activating group) is 1. The van der Waals surface area contributed by atoms with Crippen molar-refractivity contribution in [3.63, 3.8) is 0 Å². The van der Waals surface area contributed by atoms with Crippen LogP contribution in [0.5, 0.6) is 0 Å². The molecule has 2 heteroatoms. The maximum absolute atomic E-state index is 3.52. The number of benzene rings is 1. The fourth-order valence-electron chi connectivity index (χ4n) is 1.06. The summed E-state index contributed by atoms with van der Waals surface area (Å²) in [5.74, 6) is 0. The number of halogens is 1. The van der Waals surface area contributed by atoms with E-state index in [2.05, 4.69) is 65.4 Å². The van der Waals surface area contributed by atoms with Crippen LogP contribution in [0.3, 0.4) is 0 Å². The molecule has 0 amide bonds. The Morgan fingerprint density at radius 1 is 1.43 bits per heavy atom. The summed E-state index contributed by atoms with van der Waals surface area (Å²) in [5.41, 5.74) is 2.49. The van der Waals surface area contributed by atoms with E-state index in [9.17, 15) is 0 Å². The molecule has 0 radical (unpaired) electrons. The van der Waals surface area contributed by atoms with Crippen molar-refractivity contribution in [2.24, 2.45) is 0 Å². The van der Waals surface area contributed by atoms with Crippen molar-refractivity contribution in [2.75, 3.05) is 7.05 Å². The molecule has 0 aromatic heterocycles. The van der Waals surface area contributed by atoms with Gasteiger partial charge in [-0.3, -0.25) is 0 Å². The molecule has 0 heterocycles. The molecule has 0 aliphatic carbocycles. The largest absolute Gasteiger partial charge is 0.314 e. The molecule has 0 fully saturated rings. The zero-order valence-electron chi connectivity index (χ0n) is 8.84. The Kier molecular flexibility index (Phi) is 4.36. The van der Waals surface area contributed by atoms with Gasteiger partial charge in [-0.15, -0.1) is 0 Å². The summed E-state index contributed by atoms with van der Waals surface area (Å²) in [7, 11) is 1.96. The first-order valence-corrected chi connectivity index (χ1v) is 5.54. The zero-order chi connectivity index (χ0) is 10.6. The molecule has 1 atom stereocenters. The monoisotopic (exact) mass is 253 g/mol. The lowest BCUT2D eigenvalue weighted by Crippen LogP contribution is -2.17. The van der Waals surface area contributed by atoms with Crippen molar-refractivity contribution in [3.8, 4) is 0 Å². The normalized spacial score (nSPS) is 13.4. The van der Waals surface area contributed by atoms with Gasteiger partial charge < -0.3 is 5.32 Å². The van der Waals surface area contributed by atoms with Crippen LogP contribution in [0.25, 0.3) is 6.08 Å². The molecule has 76 valence electrons. The highest BCUT2D eigenvalue weighted by Crippen LogP contribution is 2.18. The first kappa shape index (κ1) is 11.5. The second-order valence-corrected chi connectivity index (χ2v) is 4.30. The van der Waals surface area contributed by atoms with Gasteiger partial charge in [0.2, 0.25) is 0 Å². The molecule has 1 nitrogen and oxygen atoms in total. The first-order chi connectivity index (χ1) is 6.63. The topological polar surface area (TPSA) is 12.0 Å². The molecule has 1 unspecified atom stereocenters.